The van der Waals surface area contributed by atoms with Gasteiger partial charge in [0.05, 0.1) is 17.4 Å². The molecule has 114 valence electrons. The van der Waals surface area contributed by atoms with Gasteiger partial charge in [-0.25, -0.2) is 4.98 Å². The van der Waals surface area contributed by atoms with E-state index >= 15 is 0 Å². The van der Waals surface area contributed by atoms with Crippen LogP contribution in [-0.4, -0.2) is 29.1 Å². The van der Waals surface area contributed by atoms with Crippen LogP contribution in [0.3, 0.4) is 0 Å². The number of aromatic nitrogens is 2. The van der Waals surface area contributed by atoms with Crippen LogP contribution < -0.4 is 5.32 Å². The predicted molar refractivity (Wildman–Crippen MR) is 82.4 cm³/mol. The van der Waals surface area contributed by atoms with Crippen LogP contribution in [0.25, 0.3) is 0 Å². The van der Waals surface area contributed by atoms with Gasteiger partial charge >= 0.3 is 0 Å². The van der Waals surface area contributed by atoms with E-state index in [-0.39, 0.29) is 5.91 Å². The number of nitrogens with one attached hydrogen (secondary N) is 1. The zero-order valence-electron chi connectivity index (χ0n) is 12.6. The third-order valence-electron chi connectivity index (χ3n) is 4.04. The van der Waals surface area contributed by atoms with Crippen molar-refractivity contribution in [1.29, 1.82) is 0 Å². The first-order chi connectivity index (χ1) is 10.7. The van der Waals surface area contributed by atoms with Crippen LogP contribution in [0.4, 0.5) is 0 Å². The van der Waals surface area contributed by atoms with Crippen molar-refractivity contribution < 1.29 is 9.53 Å². The van der Waals surface area contributed by atoms with Crippen molar-refractivity contribution in [2.24, 2.45) is 0 Å². The second-order valence-electron chi connectivity index (χ2n) is 5.56. The summed E-state index contributed by atoms with van der Waals surface area (Å²) in [6, 6.07) is 10.1. The summed E-state index contributed by atoms with van der Waals surface area (Å²) < 4.78 is 5.47. The molecule has 0 spiro atoms. The molecular weight excluding hydrogens is 278 g/mol. The summed E-state index contributed by atoms with van der Waals surface area (Å²) in [5, 5.41) is 3.16. The standard InChI is InChI=1S/C17H19N3O2/c1-13-11-19-15(12-18-13)16(21)20-17(7-9-22-10-8-17)14-5-3-2-4-6-14/h2-6,11-12H,7-10H2,1H3,(H,20,21). The third-order valence-corrected chi connectivity index (χ3v) is 4.04. The normalized spacial score (nSPS) is 17.0. The van der Waals surface area contributed by atoms with Crippen LogP contribution in [0.1, 0.15) is 34.6 Å². The molecule has 0 aliphatic carbocycles. The number of carbonyl (C=O) groups excluding carboxylic acids is 1. The lowest BCUT2D eigenvalue weighted by Gasteiger charge is -2.38. The van der Waals surface area contributed by atoms with E-state index in [2.05, 4.69) is 15.3 Å². The molecule has 1 aromatic heterocycles. The summed E-state index contributed by atoms with van der Waals surface area (Å²) in [6.07, 6.45) is 4.63. The number of rotatable bonds is 3. The Labute approximate surface area is 129 Å². The molecule has 1 aliphatic rings. The minimum Gasteiger partial charge on any atom is -0.381 e. The summed E-state index contributed by atoms with van der Waals surface area (Å²) in [5.74, 6) is -0.196. The largest absolute Gasteiger partial charge is 0.381 e. The fourth-order valence-corrected chi connectivity index (χ4v) is 2.75. The molecule has 2 aromatic rings. The Morgan fingerprint density at radius 3 is 2.50 bits per heavy atom. The first-order valence-corrected chi connectivity index (χ1v) is 7.44. The van der Waals surface area contributed by atoms with Crippen LogP contribution in [0.5, 0.6) is 0 Å². The van der Waals surface area contributed by atoms with Gasteiger partial charge in [0.2, 0.25) is 0 Å². The lowest BCUT2D eigenvalue weighted by atomic mass is 9.82. The van der Waals surface area contributed by atoms with Crippen molar-refractivity contribution in [1.82, 2.24) is 15.3 Å². The molecule has 1 N–H and O–H groups in total. The number of nitrogens with zero attached hydrogens (tertiary/aromatic N) is 2. The summed E-state index contributed by atoms with van der Waals surface area (Å²) in [6.45, 7) is 3.11. The molecule has 5 nitrogen and oxygen atoms in total. The van der Waals surface area contributed by atoms with E-state index in [1.54, 1.807) is 6.20 Å². The monoisotopic (exact) mass is 297 g/mol. The number of amides is 1. The molecule has 1 saturated heterocycles. The van der Waals surface area contributed by atoms with Crippen LogP contribution in [-0.2, 0) is 10.3 Å². The molecule has 0 saturated carbocycles. The maximum absolute atomic E-state index is 12.5. The molecule has 1 fully saturated rings. The third kappa shape index (κ3) is 2.99. The molecule has 5 heteroatoms. The smallest absolute Gasteiger partial charge is 0.272 e. The lowest BCUT2D eigenvalue weighted by Crippen LogP contribution is -2.49. The van der Waals surface area contributed by atoms with Gasteiger partial charge in [-0.3, -0.25) is 9.78 Å². The molecule has 0 atom stereocenters. The fraction of sp³-hybridized carbons (Fsp3) is 0.353. The second kappa shape index (κ2) is 6.23. The molecular formula is C17H19N3O2. The number of aryl methyl sites for hydroxylation is 1. The molecule has 0 unspecified atom stereocenters. The van der Waals surface area contributed by atoms with E-state index < -0.39 is 5.54 Å². The Kier molecular flexibility index (Phi) is 4.15. The Hall–Kier alpha value is -2.27. The summed E-state index contributed by atoms with van der Waals surface area (Å²) in [4.78, 5) is 20.9. The van der Waals surface area contributed by atoms with Gasteiger partial charge in [-0.15, -0.1) is 0 Å². The van der Waals surface area contributed by atoms with Gasteiger partial charge in [0.15, 0.2) is 0 Å². The molecule has 22 heavy (non-hydrogen) atoms. The lowest BCUT2D eigenvalue weighted by molar-refractivity contribution is 0.0344. The van der Waals surface area contributed by atoms with Crippen molar-refractivity contribution in [3.05, 3.63) is 59.7 Å². The molecule has 0 radical (unpaired) electrons. The van der Waals surface area contributed by atoms with Gasteiger partial charge in [0, 0.05) is 19.4 Å². The molecule has 2 heterocycles. The molecule has 1 aliphatic heterocycles. The number of hydrogen-bond donors (Lipinski definition) is 1. The number of carbonyl (C=O) groups is 1. The van der Waals surface area contributed by atoms with Gasteiger partial charge in [-0.1, -0.05) is 30.3 Å². The van der Waals surface area contributed by atoms with Crippen molar-refractivity contribution in [2.45, 2.75) is 25.3 Å². The maximum Gasteiger partial charge on any atom is 0.272 e. The van der Waals surface area contributed by atoms with Gasteiger partial charge < -0.3 is 10.1 Å². The fourth-order valence-electron chi connectivity index (χ4n) is 2.75. The Morgan fingerprint density at radius 2 is 1.86 bits per heavy atom. The Bertz CT molecular complexity index is 635. The van der Waals surface area contributed by atoms with Crippen LogP contribution in [0.15, 0.2) is 42.7 Å². The first-order valence-electron chi connectivity index (χ1n) is 7.44. The van der Waals surface area contributed by atoms with Crippen molar-refractivity contribution in [3.8, 4) is 0 Å². The average Bonchev–Trinajstić information content (AvgIpc) is 2.57. The van der Waals surface area contributed by atoms with Crippen molar-refractivity contribution in [3.63, 3.8) is 0 Å². The van der Waals surface area contributed by atoms with E-state index in [4.69, 9.17) is 4.74 Å². The first kappa shape index (κ1) is 14.7. The van der Waals surface area contributed by atoms with Crippen LogP contribution >= 0.6 is 0 Å². The zero-order valence-corrected chi connectivity index (χ0v) is 12.6. The average molecular weight is 297 g/mol. The minimum absolute atomic E-state index is 0.196. The van der Waals surface area contributed by atoms with E-state index in [1.165, 1.54) is 6.20 Å². The van der Waals surface area contributed by atoms with Gasteiger partial charge in [-0.05, 0) is 25.3 Å². The molecule has 1 aromatic carbocycles. The van der Waals surface area contributed by atoms with E-state index in [1.807, 2.05) is 37.3 Å². The van der Waals surface area contributed by atoms with E-state index in [9.17, 15) is 4.79 Å². The molecule has 0 bridgehead atoms. The number of hydrogen-bond acceptors (Lipinski definition) is 4. The summed E-state index contributed by atoms with van der Waals surface area (Å²) >= 11 is 0. The van der Waals surface area contributed by atoms with Gasteiger partial charge in [0.1, 0.15) is 5.69 Å². The highest BCUT2D eigenvalue weighted by Crippen LogP contribution is 2.32. The topological polar surface area (TPSA) is 64.1 Å². The maximum atomic E-state index is 12.5. The highest BCUT2D eigenvalue weighted by atomic mass is 16.5. The summed E-state index contributed by atoms with van der Waals surface area (Å²) in [5.41, 5.74) is 1.84. The molecule has 1 amide bonds. The number of benzene rings is 1. The SMILES string of the molecule is Cc1cnc(C(=O)NC2(c3ccccc3)CCOCC2)cn1. The highest BCUT2D eigenvalue weighted by Gasteiger charge is 2.36. The Morgan fingerprint density at radius 1 is 1.14 bits per heavy atom. The highest BCUT2D eigenvalue weighted by molar-refractivity contribution is 5.92. The number of ether oxygens (including phenoxy) is 1. The minimum atomic E-state index is -0.400. The second-order valence-corrected chi connectivity index (χ2v) is 5.56. The van der Waals surface area contributed by atoms with E-state index in [0.717, 1.165) is 24.1 Å². The molecule has 3 rings (SSSR count). The van der Waals surface area contributed by atoms with Crippen LogP contribution in [0.2, 0.25) is 0 Å². The zero-order chi connectivity index (χ0) is 15.4. The van der Waals surface area contributed by atoms with E-state index in [0.29, 0.717) is 18.9 Å². The van der Waals surface area contributed by atoms with Gasteiger partial charge in [0.25, 0.3) is 5.91 Å². The quantitative estimate of drug-likeness (QED) is 0.943. The predicted octanol–water partition coefficient (Wildman–Crippen LogP) is 2.22. The van der Waals surface area contributed by atoms with Crippen molar-refractivity contribution in [2.75, 3.05) is 13.2 Å². The van der Waals surface area contributed by atoms with Crippen molar-refractivity contribution >= 4 is 5.91 Å². The van der Waals surface area contributed by atoms with Gasteiger partial charge in [-0.2, -0.15) is 0 Å². The van der Waals surface area contributed by atoms with Crippen LogP contribution in [0, 0.1) is 6.92 Å². The Balaban J connectivity index is 1.87. The summed E-state index contributed by atoms with van der Waals surface area (Å²) in [7, 11) is 0.